The Hall–Kier alpha value is -4.12. The molecule has 0 aliphatic heterocycles. The number of urea groups is 1. The molecule has 2 amide bonds. The zero-order valence-corrected chi connectivity index (χ0v) is 18.0. The monoisotopic (exact) mass is 450 g/mol. The number of esters is 1. The van der Waals surface area contributed by atoms with E-state index in [-0.39, 0.29) is 5.89 Å². The van der Waals surface area contributed by atoms with Crippen molar-refractivity contribution in [2.24, 2.45) is 0 Å². The van der Waals surface area contributed by atoms with Crippen molar-refractivity contribution in [2.75, 3.05) is 19.0 Å². The van der Waals surface area contributed by atoms with E-state index in [0.717, 1.165) is 16.9 Å². The van der Waals surface area contributed by atoms with Gasteiger partial charge in [0.2, 0.25) is 11.8 Å². The molecule has 0 saturated carbocycles. The van der Waals surface area contributed by atoms with Crippen LogP contribution in [0.4, 0.5) is 10.6 Å². The van der Waals surface area contributed by atoms with Crippen LogP contribution in [-0.4, -0.2) is 45.8 Å². The zero-order valence-electron chi connectivity index (χ0n) is 17.2. The smallest absolute Gasteiger partial charge is 0.349 e. The molecule has 11 heteroatoms. The summed E-state index contributed by atoms with van der Waals surface area (Å²) in [6.45, 7) is 2.28. The summed E-state index contributed by atoms with van der Waals surface area (Å²) in [5.41, 5.74) is 1.84. The summed E-state index contributed by atoms with van der Waals surface area (Å²) in [4.78, 5) is 32.7. The van der Waals surface area contributed by atoms with Crippen LogP contribution in [-0.2, 0) is 4.74 Å². The highest BCUT2D eigenvalue weighted by Gasteiger charge is 2.20. The van der Waals surface area contributed by atoms with Crippen molar-refractivity contribution in [3.8, 4) is 33.5 Å². The molecule has 4 aromatic rings. The minimum absolute atomic E-state index is 0.218. The van der Waals surface area contributed by atoms with E-state index in [1.165, 1.54) is 19.5 Å². The summed E-state index contributed by atoms with van der Waals surface area (Å²) in [6, 6.07) is 10.6. The van der Waals surface area contributed by atoms with Crippen LogP contribution >= 0.6 is 11.3 Å². The van der Waals surface area contributed by atoms with Crippen LogP contribution in [0.5, 0.6) is 0 Å². The van der Waals surface area contributed by atoms with E-state index < -0.39 is 12.0 Å². The maximum atomic E-state index is 11.9. The molecule has 1 aromatic carbocycles. The topological polar surface area (TPSA) is 132 Å². The Kier molecular flexibility index (Phi) is 6.17. The summed E-state index contributed by atoms with van der Waals surface area (Å²) in [5.74, 6) is 0.367. The van der Waals surface area contributed by atoms with Crippen molar-refractivity contribution < 1.29 is 18.7 Å². The van der Waals surface area contributed by atoms with Gasteiger partial charge >= 0.3 is 12.0 Å². The Bertz CT molecular complexity index is 1250. The number of pyridine rings is 1. The molecule has 0 saturated heterocycles. The maximum absolute atomic E-state index is 11.9. The second-order valence-corrected chi connectivity index (χ2v) is 7.43. The highest BCUT2D eigenvalue weighted by molar-refractivity contribution is 7.16. The van der Waals surface area contributed by atoms with E-state index >= 15 is 0 Å². The number of benzene rings is 1. The van der Waals surface area contributed by atoms with Gasteiger partial charge in [0.25, 0.3) is 0 Å². The number of ether oxygens (including phenoxy) is 1. The van der Waals surface area contributed by atoms with Gasteiger partial charge in [-0.05, 0) is 25.1 Å². The van der Waals surface area contributed by atoms with Crippen LogP contribution in [0.15, 0.2) is 53.2 Å². The molecule has 0 atom stereocenters. The third kappa shape index (κ3) is 4.47. The van der Waals surface area contributed by atoms with Crippen molar-refractivity contribution in [1.82, 2.24) is 25.5 Å². The van der Waals surface area contributed by atoms with Gasteiger partial charge in [-0.2, -0.15) is 0 Å². The molecule has 0 unspecified atom stereocenters. The lowest BCUT2D eigenvalue weighted by Crippen LogP contribution is -2.28. The van der Waals surface area contributed by atoms with Gasteiger partial charge in [0.15, 0.2) is 0 Å². The van der Waals surface area contributed by atoms with E-state index in [2.05, 4.69) is 30.8 Å². The van der Waals surface area contributed by atoms with E-state index in [1.807, 2.05) is 37.3 Å². The van der Waals surface area contributed by atoms with Gasteiger partial charge in [-0.3, -0.25) is 5.32 Å². The lowest BCUT2D eigenvalue weighted by Gasteiger charge is -2.08. The number of thiazole rings is 1. The average molecular weight is 450 g/mol. The molecule has 4 rings (SSSR count). The fourth-order valence-corrected chi connectivity index (χ4v) is 3.67. The van der Waals surface area contributed by atoms with Gasteiger partial charge in [0.1, 0.15) is 15.7 Å². The summed E-state index contributed by atoms with van der Waals surface area (Å²) in [5, 5.41) is 14.1. The molecule has 0 radical (unpaired) electrons. The summed E-state index contributed by atoms with van der Waals surface area (Å²) in [7, 11) is 1.31. The molecule has 0 aliphatic carbocycles. The number of nitrogens with zero attached hydrogens (tertiary/aromatic N) is 4. The molecule has 10 nitrogen and oxygen atoms in total. The predicted octanol–water partition coefficient (Wildman–Crippen LogP) is 3.85. The predicted molar refractivity (Wildman–Crippen MR) is 118 cm³/mol. The molecule has 3 aromatic heterocycles. The summed E-state index contributed by atoms with van der Waals surface area (Å²) >= 11 is 1.14. The lowest BCUT2D eigenvalue weighted by atomic mass is 10.1. The summed E-state index contributed by atoms with van der Waals surface area (Å²) < 4.78 is 10.7. The highest BCUT2D eigenvalue weighted by Crippen LogP contribution is 2.36. The van der Waals surface area contributed by atoms with Crippen molar-refractivity contribution in [3.63, 3.8) is 0 Å². The number of nitrogens with one attached hydrogen (secondary N) is 2. The largest absolute Gasteiger partial charge is 0.465 e. The second kappa shape index (κ2) is 9.35. The Balaban J connectivity index is 1.77. The summed E-state index contributed by atoms with van der Waals surface area (Å²) in [6.07, 6.45) is 2.96. The first-order chi connectivity index (χ1) is 15.6. The fraction of sp³-hybridized carbons (Fsp3) is 0.143. The van der Waals surface area contributed by atoms with Crippen LogP contribution < -0.4 is 10.6 Å². The number of anilines is 1. The van der Waals surface area contributed by atoms with Crippen LogP contribution in [0, 0.1) is 0 Å². The molecule has 162 valence electrons. The number of amides is 2. The molecule has 32 heavy (non-hydrogen) atoms. The minimum Gasteiger partial charge on any atom is -0.465 e. The standard InChI is InChI=1S/C21H18N6O4S/c1-3-22-21(29)25-16-9-13(18-27-26-17(31-18)12-7-5-4-6-8-12)14(10-23-16)19-24-11-15(32-19)20(28)30-2/h4-11H,3H2,1-2H3,(H2,22,23,25,29). The van der Waals surface area contributed by atoms with Gasteiger partial charge in [-0.1, -0.05) is 18.2 Å². The van der Waals surface area contributed by atoms with Crippen molar-refractivity contribution in [2.45, 2.75) is 6.92 Å². The Morgan fingerprint density at radius 2 is 1.84 bits per heavy atom. The van der Waals surface area contributed by atoms with E-state index in [4.69, 9.17) is 9.15 Å². The normalized spacial score (nSPS) is 10.6. The number of carbonyl (C=O) groups excluding carboxylic acids is 2. The number of methoxy groups -OCH3 is 1. The Morgan fingerprint density at radius 3 is 2.59 bits per heavy atom. The number of aromatic nitrogens is 4. The molecule has 0 fully saturated rings. The Labute approximate surface area is 186 Å². The molecule has 0 bridgehead atoms. The highest BCUT2D eigenvalue weighted by atomic mass is 32.1. The van der Waals surface area contributed by atoms with Crippen LogP contribution in [0.2, 0.25) is 0 Å². The number of hydrogen-bond donors (Lipinski definition) is 2. The van der Waals surface area contributed by atoms with Crippen LogP contribution in [0.3, 0.4) is 0 Å². The second-order valence-electron chi connectivity index (χ2n) is 6.40. The molecule has 0 spiro atoms. The zero-order chi connectivity index (χ0) is 22.5. The average Bonchev–Trinajstić information content (AvgIpc) is 3.50. The number of carbonyl (C=O) groups is 2. The van der Waals surface area contributed by atoms with Crippen LogP contribution in [0.25, 0.3) is 33.5 Å². The molecule has 2 N–H and O–H groups in total. The van der Waals surface area contributed by atoms with Crippen molar-refractivity contribution in [3.05, 3.63) is 53.7 Å². The van der Waals surface area contributed by atoms with Crippen molar-refractivity contribution >= 4 is 29.2 Å². The molecule has 3 heterocycles. The quantitative estimate of drug-likeness (QED) is 0.423. The SMILES string of the molecule is CCNC(=O)Nc1cc(-c2nnc(-c3ccccc3)o2)c(-c2ncc(C(=O)OC)s2)cn1. The van der Waals surface area contributed by atoms with Gasteiger partial charge in [0, 0.05) is 23.9 Å². The first-order valence-electron chi connectivity index (χ1n) is 9.57. The third-order valence-corrected chi connectivity index (χ3v) is 5.29. The fourth-order valence-electron chi connectivity index (χ4n) is 2.82. The van der Waals surface area contributed by atoms with Gasteiger partial charge < -0.3 is 14.5 Å². The molecular formula is C21H18N6O4S. The van der Waals surface area contributed by atoms with Gasteiger partial charge in [0.05, 0.1) is 18.9 Å². The third-order valence-electron chi connectivity index (χ3n) is 4.28. The lowest BCUT2D eigenvalue weighted by molar-refractivity contribution is 0.0606. The first-order valence-corrected chi connectivity index (χ1v) is 10.4. The minimum atomic E-state index is -0.484. The van der Waals surface area contributed by atoms with Crippen molar-refractivity contribution in [1.29, 1.82) is 0 Å². The number of rotatable bonds is 6. The maximum Gasteiger partial charge on any atom is 0.349 e. The van der Waals surface area contributed by atoms with Gasteiger partial charge in [-0.15, -0.1) is 21.5 Å². The van der Waals surface area contributed by atoms with Gasteiger partial charge in [-0.25, -0.2) is 19.6 Å². The first kappa shape index (κ1) is 21.1. The molecule has 0 aliphatic rings. The van der Waals surface area contributed by atoms with E-state index in [9.17, 15) is 9.59 Å². The van der Waals surface area contributed by atoms with E-state index in [0.29, 0.717) is 39.3 Å². The molecular weight excluding hydrogens is 432 g/mol. The van der Waals surface area contributed by atoms with E-state index in [1.54, 1.807) is 6.07 Å². The van der Waals surface area contributed by atoms with Crippen LogP contribution in [0.1, 0.15) is 16.6 Å². The Morgan fingerprint density at radius 1 is 1.06 bits per heavy atom. The number of hydrogen-bond acceptors (Lipinski definition) is 9.